The van der Waals surface area contributed by atoms with E-state index in [0.29, 0.717) is 12.0 Å². The largest absolute Gasteiger partial charge is 0.370 e. The van der Waals surface area contributed by atoms with Crippen LogP contribution in [0.5, 0.6) is 0 Å². The third-order valence-electron chi connectivity index (χ3n) is 4.26. The van der Waals surface area contributed by atoms with Crippen LogP contribution in [-0.4, -0.2) is 28.3 Å². The zero-order chi connectivity index (χ0) is 14.5. The van der Waals surface area contributed by atoms with Crippen LogP contribution in [0.15, 0.2) is 4.99 Å². The van der Waals surface area contributed by atoms with E-state index in [9.17, 15) is 0 Å². The second-order valence-electron chi connectivity index (χ2n) is 5.77. The Balaban J connectivity index is 0.00000220. The van der Waals surface area contributed by atoms with E-state index in [1.807, 2.05) is 11.7 Å². The minimum Gasteiger partial charge on any atom is -0.370 e. The minimum absolute atomic E-state index is 0. The molecule has 21 heavy (non-hydrogen) atoms. The SMILES string of the molecule is Cc1nn(C)c(C)c1CCN=C(N)NC1CCCCC1.I. The van der Waals surface area contributed by atoms with Crippen LogP contribution in [0.3, 0.4) is 0 Å². The molecule has 0 atom stereocenters. The lowest BCUT2D eigenvalue weighted by Gasteiger charge is -2.23. The second kappa shape index (κ2) is 8.60. The summed E-state index contributed by atoms with van der Waals surface area (Å²) >= 11 is 0. The Morgan fingerprint density at radius 1 is 1.33 bits per heavy atom. The molecule has 0 unspecified atom stereocenters. The molecule has 0 aliphatic heterocycles. The molecule has 2 rings (SSSR count). The van der Waals surface area contributed by atoms with E-state index < -0.39 is 0 Å². The summed E-state index contributed by atoms with van der Waals surface area (Å²) in [5.41, 5.74) is 9.58. The first kappa shape index (κ1) is 18.3. The van der Waals surface area contributed by atoms with Crippen molar-refractivity contribution in [1.82, 2.24) is 15.1 Å². The summed E-state index contributed by atoms with van der Waals surface area (Å²) in [5, 5.41) is 7.77. The molecule has 0 aromatic carbocycles. The second-order valence-corrected chi connectivity index (χ2v) is 5.77. The lowest BCUT2D eigenvalue weighted by Crippen LogP contribution is -2.41. The van der Waals surface area contributed by atoms with Crippen LogP contribution in [0.1, 0.15) is 49.1 Å². The molecule has 5 nitrogen and oxygen atoms in total. The molecule has 1 aliphatic rings. The molecule has 0 amide bonds. The summed E-state index contributed by atoms with van der Waals surface area (Å²) in [6.07, 6.45) is 7.31. The Kier molecular flexibility index (Phi) is 7.48. The third kappa shape index (κ3) is 5.16. The van der Waals surface area contributed by atoms with E-state index in [4.69, 9.17) is 5.73 Å². The lowest BCUT2D eigenvalue weighted by atomic mass is 9.96. The number of rotatable bonds is 4. The number of aryl methyl sites for hydroxylation is 2. The zero-order valence-corrected chi connectivity index (χ0v) is 15.7. The van der Waals surface area contributed by atoms with Gasteiger partial charge in [0.1, 0.15) is 0 Å². The van der Waals surface area contributed by atoms with Gasteiger partial charge in [-0.2, -0.15) is 5.10 Å². The highest BCUT2D eigenvalue weighted by Gasteiger charge is 2.13. The van der Waals surface area contributed by atoms with Crippen molar-refractivity contribution in [2.24, 2.45) is 17.8 Å². The van der Waals surface area contributed by atoms with Crippen LogP contribution in [0.4, 0.5) is 0 Å². The van der Waals surface area contributed by atoms with Gasteiger partial charge in [-0.3, -0.25) is 9.67 Å². The number of aliphatic imine (C=N–C) groups is 1. The minimum atomic E-state index is 0. The topological polar surface area (TPSA) is 68.2 Å². The molecule has 0 radical (unpaired) electrons. The molecule has 0 spiro atoms. The molecule has 0 bridgehead atoms. The molecule has 6 heteroatoms. The predicted octanol–water partition coefficient (Wildman–Crippen LogP) is 2.43. The van der Waals surface area contributed by atoms with E-state index in [-0.39, 0.29) is 24.0 Å². The van der Waals surface area contributed by atoms with Crippen molar-refractivity contribution in [3.8, 4) is 0 Å². The summed E-state index contributed by atoms with van der Waals surface area (Å²) in [4.78, 5) is 4.45. The first-order chi connectivity index (χ1) is 9.58. The van der Waals surface area contributed by atoms with Crippen molar-refractivity contribution in [3.05, 3.63) is 17.0 Å². The fourth-order valence-corrected chi connectivity index (χ4v) is 2.97. The van der Waals surface area contributed by atoms with Gasteiger partial charge in [-0.25, -0.2) is 0 Å². The van der Waals surface area contributed by atoms with Crippen molar-refractivity contribution in [1.29, 1.82) is 0 Å². The van der Waals surface area contributed by atoms with E-state index in [2.05, 4.69) is 29.3 Å². The molecule has 120 valence electrons. The van der Waals surface area contributed by atoms with Gasteiger partial charge in [-0.15, -0.1) is 24.0 Å². The first-order valence-corrected chi connectivity index (χ1v) is 7.63. The van der Waals surface area contributed by atoms with Crippen molar-refractivity contribution >= 4 is 29.9 Å². The van der Waals surface area contributed by atoms with Gasteiger partial charge in [-0.05, 0) is 38.7 Å². The Morgan fingerprint density at radius 3 is 2.57 bits per heavy atom. The van der Waals surface area contributed by atoms with Crippen LogP contribution >= 0.6 is 24.0 Å². The molecule has 1 fully saturated rings. The molecule has 1 aliphatic carbocycles. The average Bonchev–Trinajstić information content (AvgIpc) is 2.66. The maximum absolute atomic E-state index is 5.97. The van der Waals surface area contributed by atoms with Crippen LogP contribution in [-0.2, 0) is 13.5 Å². The number of nitrogens with two attached hydrogens (primary N) is 1. The van der Waals surface area contributed by atoms with Crippen LogP contribution in [0.25, 0.3) is 0 Å². The molecule has 1 aromatic heterocycles. The molecule has 1 heterocycles. The van der Waals surface area contributed by atoms with E-state index in [0.717, 1.165) is 18.7 Å². The van der Waals surface area contributed by atoms with Crippen molar-refractivity contribution < 1.29 is 0 Å². The number of halogens is 1. The highest BCUT2D eigenvalue weighted by Crippen LogP contribution is 2.17. The van der Waals surface area contributed by atoms with Crippen molar-refractivity contribution in [2.75, 3.05) is 6.54 Å². The van der Waals surface area contributed by atoms with Crippen molar-refractivity contribution in [2.45, 2.75) is 58.4 Å². The van der Waals surface area contributed by atoms with Gasteiger partial charge in [0.25, 0.3) is 0 Å². The molecule has 0 saturated heterocycles. The average molecular weight is 405 g/mol. The van der Waals surface area contributed by atoms with Crippen LogP contribution in [0.2, 0.25) is 0 Å². The number of nitrogens with one attached hydrogen (secondary N) is 1. The number of guanidine groups is 1. The van der Waals surface area contributed by atoms with Gasteiger partial charge in [0.15, 0.2) is 5.96 Å². The molecular formula is C15H28IN5. The summed E-state index contributed by atoms with van der Waals surface area (Å²) in [6.45, 7) is 4.87. The summed E-state index contributed by atoms with van der Waals surface area (Å²) in [5.74, 6) is 0.594. The van der Waals surface area contributed by atoms with Crippen molar-refractivity contribution in [3.63, 3.8) is 0 Å². The standard InChI is InChI=1S/C15H27N5.HI/c1-11-14(12(2)20(3)19-11)9-10-17-15(16)18-13-7-5-4-6-8-13;/h13H,4-10H2,1-3H3,(H3,16,17,18);1H. The molecular weight excluding hydrogens is 377 g/mol. The van der Waals surface area contributed by atoms with E-state index in [1.54, 1.807) is 0 Å². The normalized spacial score (nSPS) is 16.6. The Morgan fingerprint density at radius 2 is 2.00 bits per heavy atom. The highest BCUT2D eigenvalue weighted by atomic mass is 127. The summed E-state index contributed by atoms with van der Waals surface area (Å²) < 4.78 is 1.93. The quantitative estimate of drug-likeness (QED) is 0.459. The number of nitrogens with zero attached hydrogens (tertiary/aromatic N) is 3. The zero-order valence-electron chi connectivity index (χ0n) is 13.4. The monoisotopic (exact) mass is 405 g/mol. The predicted molar refractivity (Wildman–Crippen MR) is 98.3 cm³/mol. The molecule has 1 saturated carbocycles. The Labute approximate surface area is 144 Å². The van der Waals surface area contributed by atoms with Gasteiger partial charge in [0.2, 0.25) is 0 Å². The highest BCUT2D eigenvalue weighted by molar-refractivity contribution is 14.0. The van der Waals surface area contributed by atoms with Gasteiger partial charge < -0.3 is 11.1 Å². The number of hydrogen-bond donors (Lipinski definition) is 2. The fourth-order valence-electron chi connectivity index (χ4n) is 2.97. The third-order valence-corrected chi connectivity index (χ3v) is 4.26. The maximum atomic E-state index is 5.97. The van der Waals surface area contributed by atoms with Gasteiger partial charge in [0, 0.05) is 25.3 Å². The Bertz CT molecular complexity index is 475. The first-order valence-electron chi connectivity index (χ1n) is 7.63. The van der Waals surface area contributed by atoms with Crippen LogP contribution < -0.4 is 11.1 Å². The number of aromatic nitrogens is 2. The smallest absolute Gasteiger partial charge is 0.188 e. The Hall–Kier alpha value is -0.790. The van der Waals surface area contributed by atoms with Gasteiger partial charge >= 0.3 is 0 Å². The lowest BCUT2D eigenvalue weighted by molar-refractivity contribution is 0.412. The number of hydrogen-bond acceptors (Lipinski definition) is 2. The maximum Gasteiger partial charge on any atom is 0.188 e. The van der Waals surface area contributed by atoms with Gasteiger partial charge in [-0.1, -0.05) is 19.3 Å². The fraction of sp³-hybridized carbons (Fsp3) is 0.733. The van der Waals surface area contributed by atoms with Crippen LogP contribution in [0, 0.1) is 13.8 Å². The van der Waals surface area contributed by atoms with E-state index >= 15 is 0 Å². The van der Waals surface area contributed by atoms with E-state index in [1.165, 1.54) is 43.4 Å². The molecule has 3 N–H and O–H groups in total. The summed E-state index contributed by atoms with van der Waals surface area (Å²) in [7, 11) is 1.98. The summed E-state index contributed by atoms with van der Waals surface area (Å²) in [6, 6.07) is 0.523. The molecule has 1 aromatic rings. The van der Waals surface area contributed by atoms with Gasteiger partial charge in [0.05, 0.1) is 5.69 Å².